The minimum absolute atomic E-state index is 0.236. The third-order valence-electron chi connectivity index (χ3n) is 3.67. The largest absolute Gasteiger partial charge is 0.427 e. The molecule has 0 radical (unpaired) electrons. The molecule has 0 amide bonds. The van der Waals surface area contributed by atoms with E-state index in [1.807, 2.05) is 0 Å². The Bertz CT molecular complexity index is 631. The van der Waals surface area contributed by atoms with Crippen molar-refractivity contribution in [3.63, 3.8) is 0 Å². The Balaban J connectivity index is 1.55. The zero-order valence-corrected chi connectivity index (χ0v) is 12.7. The second kappa shape index (κ2) is 5.96. The number of hydrogen-bond donors (Lipinski definition) is 0. The van der Waals surface area contributed by atoms with Crippen LogP contribution in [0.25, 0.3) is 0 Å². The third kappa shape index (κ3) is 3.46. The predicted molar refractivity (Wildman–Crippen MR) is 73.4 cm³/mol. The van der Waals surface area contributed by atoms with Crippen LogP contribution in [0.4, 0.5) is 13.2 Å². The minimum Gasteiger partial charge on any atom is -0.339 e. The first kappa shape index (κ1) is 15.4. The summed E-state index contributed by atoms with van der Waals surface area (Å²) in [5.74, 6) is 1.52. The first-order chi connectivity index (χ1) is 10.4. The van der Waals surface area contributed by atoms with Crippen LogP contribution in [0.3, 0.4) is 0 Å². The number of halogens is 3. The molecule has 9 heteroatoms. The SMILES string of the molecule is Cc1noc(C2CCN(Cc3ncc(C(F)(F)F)s3)CC2)n1. The molecule has 1 saturated heterocycles. The van der Waals surface area contributed by atoms with Crippen LogP contribution in [0, 0.1) is 6.92 Å². The van der Waals surface area contributed by atoms with Crippen molar-refractivity contribution >= 4 is 11.3 Å². The minimum atomic E-state index is -4.31. The van der Waals surface area contributed by atoms with Gasteiger partial charge in [-0.1, -0.05) is 5.16 Å². The molecule has 0 aliphatic carbocycles. The highest BCUT2D eigenvalue weighted by atomic mass is 32.1. The molecule has 0 saturated carbocycles. The van der Waals surface area contributed by atoms with Gasteiger partial charge in [0.2, 0.25) is 5.89 Å². The molecule has 1 fully saturated rings. The quantitative estimate of drug-likeness (QED) is 0.864. The van der Waals surface area contributed by atoms with Crippen molar-refractivity contribution in [3.05, 3.63) is 27.8 Å². The molecule has 0 N–H and O–H groups in total. The molecule has 120 valence electrons. The summed E-state index contributed by atoms with van der Waals surface area (Å²) in [6.45, 7) is 3.80. The average Bonchev–Trinajstić information content (AvgIpc) is 3.08. The van der Waals surface area contributed by atoms with Gasteiger partial charge in [0, 0.05) is 5.92 Å². The highest BCUT2D eigenvalue weighted by Gasteiger charge is 2.33. The van der Waals surface area contributed by atoms with Crippen molar-refractivity contribution in [3.8, 4) is 0 Å². The first-order valence-electron chi connectivity index (χ1n) is 6.96. The highest BCUT2D eigenvalue weighted by molar-refractivity contribution is 7.11. The van der Waals surface area contributed by atoms with E-state index >= 15 is 0 Å². The van der Waals surface area contributed by atoms with E-state index in [0.29, 0.717) is 34.6 Å². The number of aryl methyl sites for hydroxylation is 1. The second-order valence-electron chi connectivity index (χ2n) is 5.35. The topological polar surface area (TPSA) is 55.1 Å². The van der Waals surface area contributed by atoms with Crippen LogP contribution in [0.5, 0.6) is 0 Å². The average molecular weight is 332 g/mol. The first-order valence-corrected chi connectivity index (χ1v) is 7.78. The third-order valence-corrected chi connectivity index (χ3v) is 4.70. The Labute approximate surface area is 129 Å². The molecular weight excluding hydrogens is 317 g/mol. The van der Waals surface area contributed by atoms with Crippen LogP contribution >= 0.6 is 11.3 Å². The maximum absolute atomic E-state index is 12.6. The molecule has 0 unspecified atom stereocenters. The molecule has 0 bridgehead atoms. The van der Waals surface area contributed by atoms with Gasteiger partial charge in [-0.3, -0.25) is 4.90 Å². The van der Waals surface area contributed by atoms with E-state index in [4.69, 9.17) is 4.52 Å². The molecule has 1 aliphatic heterocycles. The van der Waals surface area contributed by atoms with Crippen molar-refractivity contribution in [2.75, 3.05) is 13.1 Å². The summed E-state index contributed by atoms with van der Waals surface area (Å²) in [5.41, 5.74) is 0. The fourth-order valence-corrected chi connectivity index (χ4v) is 3.35. The highest BCUT2D eigenvalue weighted by Crippen LogP contribution is 2.34. The molecule has 22 heavy (non-hydrogen) atoms. The Morgan fingerprint density at radius 2 is 2.09 bits per heavy atom. The van der Waals surface area contributed by atoms with E-state index in [0.717, 1.165) is 32.1 Å². The van der Waals surface area contributed by atoms with E-state index in [9.17, 15) is 13.2 Å². The molecule has 2 aromatic heterocycles. The van der Waals surface area contributed by atoms with Crippen molar-refractivity contribution in [2.45, 2.75) is 38.4 Å². The van der Waals surface area contributed by atoms with Crippen LogP contribution in [-0.4, -0.2) is 33.1 Å². The molecular formula is C13H15F3N4OS. The molecule has 0 atom stereocenters. The zero-order chi connectivity index (χ0) is 15.7. The Hall–Kier alpha value is -1.48. The summed E-state index contributed by atoms with van der Waals surface area (Å²) in [4.78, 5) is 9.59. The lowest BCUT2D eigenvalue weighted by molar-refractivity contribution is -0.134. The van der Waals surface area contributed by atoms with Gasteiger partial charge in [0.15, 0.2) is 5.82 Å². The van der Waals surface area contributed by atoms with Gasteiger partial charge in [-0.25, -0.2) is 4.98 Å². The molecule has 1 aliphatic rings. The van der Waals surface area contributed by atoms with Gasteiger partial charge in [0.05, 0.1) is 12.7 Å². The Morgan fingerprint density at radius 3 is 2.64 bits per heavy atom. The lowest BCUT2D eigenvalue weighted by Gasteiger charge is -2.29. The van der Waals surface area contributed by atoms with E-state index < -0.39 is 11.1 Å². The fraction of sp³-hybridized carbons (Fsp3) is 0.615. The number of thiazole rings is 1. The molecule has 2 aromatic rings. The molecule has 3 rings (SSSR count). The molecule has 0 spiro atoms. The van der Waals surface area contributed by atoms with Crippen molar-refractivity contribution in [1.29, 1.82) is 0 Å². The van der Waals surface area contributed by atoms with E-state index in [1.54, 1.807) is 6.92 Å². The number of likely N-dealkylation sites (tertiary alicyclic amines) is 1. The maximum Gasteiger partial charge on any atom is 0.427 e. The van der Waals surface area contributed by atoms with Crippen LogP contribution in [0.2, 0.25) is 0 Å². The smallest absolute Gasteiger partial charge is 0.339 e. The van der Waals surface area contributed by atoms with E-state index in [-0.39, 0.29) is 5.92 Å². The van der Waals surface area contributed by atoms with Gasteiger partial charge in [0.1, 0.15) is 9.88 Å². The fourth-order valence-electron chi connectivity index (χ4n) is 2.52. The normalized spacial score (nSPS) is 18.0. The van der Waals surface area contributed by atoms with E-state index in [1.165, 1.54) is 0 Å². The van der Waals surface area contributed by atoms with Gasteiger partial charge in [-0.2, -0.15) is 18.2 Å². The molecule has 0 aromatic carbocycles. The van der Waals surface area contributed by atoms with Crippen molar-refractivity contribution in [2.24, 2.45) is 0 Å². The molecule has 5 nitrogen and oxygen atoms in total. The van der Waals surface area contributed by atoms with Crippen molar-refractivity contribution in [1.82, 2.24) is 20.0 Å². The summed E-state index contributed by atoms with van der Waals surface area (Å²) in [6, 6.07) is 0. The number of alkyl halides is 3. The van der Waals surface area contributed by atoms with E-state index in [2.05, 4.69) is 20.0 Å². The number of hydrogen-bond acceptors (Lipinski definition) is 6. The van der Waals surface area contributed by atoms with Gasteiger partial charge < -0.3 is 4.52 Å². The van der Waals surface area contributed by atoms with Crippen LogP contribution in [0.15, 0.2) is 10.7 Å². The lowest BCUT2D eigenvalue weighted by Crippen LogP contribution is -2.32. The standard InChI is InChI=1S/C13H15F3N4OS/c1-8-18-12(21-19-8)9-2-4-20(5-3-9)7-11-17-6-10(22-11)13(14,15)16/h6,9H,2-5,7H2,1H3. The summed E-state index contributed by atoms with van der Waals surface area (Å²) in [7, 11) is 0. The number of aromatic nitrogens is 3. The van der Waals surface area contributed by atoms with Gasteiger partial charge in [0.25, 0.3) is 0 Å². The van der Waals surface area contributed by atoms with Gasteiger partial charge in [-0.15, -0.1) is 11.3 Å². The van der Waals surface area contributed by atoms with Crippen LogP contribution in [0.1, 0.15) is 40.4 Å². The van der Waals surface area contributed by atoms with Crippen molar-refractivity contribution < 1.29 is 17.7 Å². The lowest BCUT2D eigenvalue weighted by atomic mass is 9.97. The monoisotopic (exact) mass is 332 g/mol. The zero-order valence-electron chi connectivity index (χ0n) is 11.9. The summed E-state index contributed by atoms with van der Waals surface area (Å²) in [6.07, 6.45) is -1.68. The summed E-state index contributed by atoms with van der Waals surface area (Å²) in [5, 5.41) is 4.29. The molecule has 3 heterocycles. The number of nitrogens with zero attached hydrogens (tertiary/aromatic N) is 4. The summed E-state index contributed by atoms with van der Waals surface area (Å²) >= 11 is 0.715. The predicted octanol–water partition coefficient (Wildman–Crippen LogP) is 3.23. The van der Waals surface area contributed by atoms with Gasteiger partial charge in [-0.05, 0) is 32.9 Å². The van der Waals surface area contributed by atoms with Crippen LogP contribution in [-0.2, 0) is 12.7 Å². The maximum atomic E-state index is 12.6. The summed E-state index contributed by atoms with van der Waals surface area (Å²) < 4.78 is 42.8. The Morgan fingerprint density at radius 1 is 1.36 bits per heavy atom. The second-order valence-corrected chi connectivity index (χ2v) is 6.46. The number of piperidine rings is 1. The van der Waals surface area contributed by atoms with Crippen LogP contribution < -0.4 is 0 Å². The van der Waals surface area contributed by atoms with Gasteiger partial charge >= 0.3 is 6.18 Å². The Kier molecular flexibility index (Phi) is 4.18. The number of rotatable bonds is 3.